The number of hydrogen-bond donors (Lipinski definition) is 0. The number of rotatable bonds is 5. The van der Waals surface area contributed by atoms with Crippen molar-refractivity contribution in [1.29, 1.82) is 0 Å². The molecule has 2 aliphatic heterocycles. The molecule has 5 rings (SSSR count). The number of benzene rings is 3. The first-order chi connectivity index (χ1) is 17.6. The Kier molecular flexibility index (Phi) is 7.05. The topological polar surface area (TPSA) is 53.1 Å². The third kappa shape index (κ3) is 4.61. The smallest absolute Gasteiger partial charge is 0.258 e. The number of fused-ring (bicyclic) bond motifs is 1. The molecule has 186 valence electrons. The molecule has 0 saturated carbocycles. The SMILES string of the molecule is CCC(=O)N(c1ccccc1)C1C[C@@H](C)N(C(=O)c2ccc(N3CCOCC3)cc2)c2ccccc21. The second-order valence-electron chi connectivity index (χ2n) is 9.43. The first kappa shape index (κ1) is 24.1. The Hall–Kier alpha value is -3.64. The highest BCUT2D eigenvalue weighted by molar-refractivity contribution is 6.07. The van der Waals surface area contributed by atoms with Gasteiger partial charge in [0.2, 0.25) is 5.91 Å². The van der Waals surface area contributed by atoms with Gasteiger partial charge in [-0.3, -0.25) is 9.59 Å². The minimum Gasteiger partial charge on any atom is -0.378 e. The average Bonchev–Trinajstić information content (AvgIpc) is 2.94. The summed E-state index contributed by atoms with van der Waals surface area (Å²) in [4.78, 5) is 33.1. The normalized spacial score (nSPS) is 19.5. The van der Waals surface area contributed by atoms with Crippen molar-refractivity contribution >= 4 is 28.9 Å². The zero-order chi connectivity index (χ0) is 25.1. The average molecular weight is 484 g/mol. The van der Waals surface area contributed by atoms with Crippen LogP contribution in [-0.4, -0.2) is 44.2 Å². The van der Waals surface area contributed by atoms with Crippen molar-refractivity contribution in [1.82, 2.24) is 0 Å². The molecule has 6 heteroatoms. The molecule has 3 aromatic carbocycles. The van der Waals surface area contributed by atoms with Gasteiger partial charge < -0.3 is 19.4 Å². The predicted molar refractivity (Wildman–Crippen MR) is 144 cm³/mol. The van der Waals surface area contributed by atoms with Crippen molar-refractivity contribution < 1.29 is 14.3 Å². The Morgan fingerprint density at radius 3 is 2.28 bits per heavy atom. The monoisotopic (exact) mass is 483 g/mol. The molecule has 2 amide bonds. The maximum atomic E-state index is 13.8. The molecule has 1 fully saturated rings. The molecule has 1 saturated heterocycles. The maximum absolute atomic E-state index is 13.8. The first-order valence-corrected chi connectivity index (χ1v) is 12.8. The Morgan fingerprint density at radius 1 is 0.917 bits per heavy atom. The molecule has 0 spiro atoms. The number of anilines is 3. The van der Waals surface area contributed by atoms with E-state index in [9.17, 15) is 9.59 Å². The van der Waals surface area contributed by atoms with Crippen LogP contribution >= 0.6 is 0 Å². The van der Waals surface area contributed by atoms with E-state index >= 15 is 0 Å². The minimum absolute atomic E-state index is 0.0185. The van der Waals surface area contributed by atoms with Crippen LogP contribution in [0.1, 0.15) is 48.7 Å². The van der Waals surface area contributed by atoms with Gasteiger partial charge in [0, 0.05) is 48.2 Å². The molecule has 0 N–H and O–H groups in total. The number of hydrogen-bond acceptors (Lipinski definition) is 4. The Bertz CT molecular complexity index is 1210. The third-order valence-electron chi connectivity index (χ3n) is 7.19. The molecule has 0 bridgehead atoms. The van der Waals surface area contributed by atoms with Crippen molar-refractivity contribution in [2.24, 2.45) is 0 Å². The summed E-state index contributed by atoms with van der Waals surface area (Å²) in [7, 11) is 0. The molecule has 2 aliphatic rings. The van der Waals surface area contributed by atoms with Crippen LogP contribution in [0.3, 0.4) is 0 Å². The highest BCUT2D eigenvalue weighted by Crippen LogP contribution is 2.43. The van der Waals surface area contributed by atoms with Crippen LogP contribution in [0.4, 0.5) is 17.1 Å². The van der Waals surface area contributed by atoms with Crippen molar-refractivity contribution in [3.8, 4) is 0 Å². The summed E-state index contributed by atoms with van der Waals surface area (Å²) >= 11 is 0. The van der Waals surface area contributed by atoms with E-state index in [-0.39, 0.29) is 23.9 Å². The van der Waals surface area contributed by atoms with E-state index in [1.807, 2.05) is 95.6 Å². The zero-order valence-electron chi connectivity index (χ0n) is 21.0. The van der Waals surface area contributed by atoms with E-state index < -0.39 is 0 Å². The van der Waals surface area contributed by atoms with Crippen LogP contribution in [0.5, 0.6) is 0 Å². The van der Waals surface area contributed by atoms with Crippen molar-refractivity contribution in [3.05, 3.63) is 90.0 Å². The lowest BCUT2D eigenvalue weighted by Gasteiger charge is -2.43. The number of nitrogens with zero attached hydrogens (tertiary/aromatic N) is 3. The van der Waals surface area contributed by atoms with E-state index in [0.717, 1.165) is 48.9 Å². The van der Waals surface area contributed by atoms with Crippen LogP contribution in [0, 0.1) is 0 Å². The molecule has 2 heterocycles. The van der Waals surface area contributed by atoms with Crippen LogP contribution < -0.4 is 14.7 Å². The lowest BCUT2D eigenvalue weighted by molar-refractivity contribution is -0.118. The molecule has 3 aromatic rings. The number of morpholine rings is 1. The number of ether oxygens (including phenoxy) is 1. The van der Waals surface area contributed by atoms with Crippen LogP contribution in [-0.2, 0) is 9.53 Å². The number of para-hydroxylation sites is 2. The second-order valence-corrected chi connectivity index (χ2v) is 9.43. The van der Waals surface area contributed by atoms with E-state index in [2.05, 4.69) is 11.8 Å². The van der Waals surface area contributed by atoms with Crippen LogP contribution in [0.25, 0.3) is 0 Å². The lowest BCUT2D eigenvalue weighted by Crippen LogP contribution is -2.47. The highest BCUT2D eigenvalue weighted by atomic mass is 16.5. The van der Waals surface area contributed by atoms with Gasteiger partial charge >= 0.3 is 0 Å². The van der Waals surface area contributed by atoms with Gasteiger partial charge in [-0.1, -0.05) is 43.3 Å². The Labute approximate surface area is 213 Å². The zero-order valence-corrected chi connectivity index (χ0v) is 21.0. The maximum Gasteiger partial charge on any atom is 0.258 e. The summed E-state index contributed by atoms with van der Waals surface area (Å²) in [6.45, 7) is 7.14. The number of carbonyl (C=O) groups excluding carboxylic acids is 2. The van der Waals surface area contributed by atoms with E-state index in [4.69, 9.17) is 4.74 Å². The van der Waals surface area contributed by atoms with E-state index in [1.165, 1.54) is 0 Å². The fourth-order valence-corrected chi connectivity index (χ4v) is 5.37. The summed E-state index contributed by atoms with van der Waals surface area (Å²) in [5.41, 5.74) is 4.53. The molecule has 2 atom stereocenters. The minimum atomic E-state index is -0.140. The lowest BCUT2D eigenvalue weighted by atomic mass is 9.89. The highest BCUT2D eigenvalue weighted by Gasteiger charge is 2.38. The Balaban J connectivity index is 1.47. The summed E-state index contributed by atoms with van der Waals surface area (Å²) in [6.07, 6.45) is 1.08. The van der Waals surface area contributed by atoms with Crippen molar-refractivity contribution in [2.45, 2.75) is 38.8 Å². The summed E-state index contributed by atoms with van der Waals surface area (Å²) < 4.78 is 5.46. The largest absolute Gasteiger partial charge is 0.378 e. The molecule has 36 heavy (non-hydrogen) atoms. The molecule has 0 aliphatic carbocycles. The van der Waals surface area contributed by atoms with E-state index in [0.29, 0.717) is 18.4 Å². The van der Waals surface area contributed by atoms with Crippen molar-refractivity contribution in [3.63, 3.8) is 0 Å². The van der Waals surface area contributed by atoms with Gasteiger partial charge in [-0.2, -0.15) is 0 Å². The van der Waals surface area contributed by atoms with E-state index in [1.54, 1.807) is 0 Å². The Morgan fingerprint density at radius 2 is 1.58 bits per heavy atom. The quantitative estimate of drug-likeness (QED) is 0.485. The van der Waals surface area contributed by atoms with Gasteiger partial charge in [-0.15, -0.1) is 0 Å². The molecule has 6 nitrogen and oxygen atoms in total. The molecular weight excluding hydrogens is 450 g/mol. The summed E-state index contributed by atoms with van der Waals surface area (Å²) in [5, 5.41) is 0. The van der Waals surface area contributed by atoms with Crippen LogP contribution in [0.15, 0.2) is 78.9 Å². The van der Waals surface area contributed by atoms with Crippen molar-refractivity contribution in [2.75, 3.05) is 41.0 Å². The molecular formula is C30H33N3O3. The predicted octanol–water partition coefficient (Wildman–Crippen LogP) is 5.45. The van der Waals surface area contributed by atoms with Gasteiger partial charge in [0.05, 0.1) is 19.3 Å². The molecule has 0 aromatic heterocycles. The summed E-state index contributed by atoms with van der Waals surface area (Å²) in [5.74, 6) is 0.0571. The van der Waals surface area contributed by atoms with Crippen LogP contribution in [0.2, 0.25) is 0 Å². The second kappa shape index (κ2) is 10.5. The van der Waals surface area contributed by atoms with Gasteiger partial charge in [0.25, 0.3) is 5.91 Å². The summed E-state index contributed by atoms with van der Waals surface area (Å²) in [6, 6.07) is 25.5. The molecule has 0 radical (unpaired) electrons. The van der Waals surface area contributed by atoms with Gasteiger partial charge in [0.15, 0.2) is 0 Å². The molecule has 1 unspecified atom stereocenters. The van der Waals surface area contributed by atoms with Gasteiger partial charge in [-0.05, 0) is 61.4 Å². The number of amides is 2. The fourth-order valence-electron chi connectivity index (χ4n) is 5.37. The third-order valence-corrected chi connectivity index (χ3v) is 7.19. The number of carbonyl (C=O) groups is 2. The van der Waals surface area contributed by atoms with Gasteiger partial charge in [-0.25, -0.2) is 0 Å². The first-order valence-electron chi connectivity index (χ1n) is 12.8. The van der Waals surface area contributed by atoms with Gasteiger partial charge in [0.1, 0.15) is 0 Å². The standard InChI is InChI=1S/C30H33N3O3/c1-3-29(34)33(25-9-5-4-6-10-25)28-21-22(2)32(27-12-8-7-11-26(27)28)30(35)23-13-15-24(16-14-23)31-17-19-36-20-18-31/h4-16,22,28H,3,17-21H2,1-2H3/t22-,28?/m1/s1. The fraction of sp³-hybridized carbons (Fsp3) is 0.333.